The molecule has 1 aromatic carbocycles. The molecule has 1 rings (SSSR count). The largest absolute Gasteiger partial charge is 0.497 e. The lowest BCUT2D eigenvalue weighted by atomic mass is 10.2. The highest BCUT2D eigenvalue weighted by molar-refractivity contribution is 5.76. The molecule has 0 bridgehead atoms. The van der Waals surface area contributed by atoms with Gasteiger partial charge in [-0.1, -0.05) is 0 Å². The summed E-state index contributed by atoms with van der Waals surface area (Å²) in [6, 6.07) is 5.43. The summed E-state index contributed by atoms with van der Waals surface area (Å²) in [6.07, 6.45) is 0. The second-order valence-corrected chi connectivity index (χ2v) is 4.10. The summed E-state index contributed by atoms with van der Waals surface area (Å²) in [4.78, 5) is 11.4. The van der Waals surface area contributed by atoms with E-state index in [-0.39, 0.29) is 19.1 Å². The van der Waals surface area contributed by atoms with E-state index in [1.807, 2.05) is 6.07 Å². The standard InChI is InChI=1S/C13H20N2O4/c1-15(2)14-13(16)9-19-8-10-7-11(17-3)5-6-12(10)18-4/h5-7H,8-9H2,1-4H3,(H,14,16). The van der Waals surface area contributed by atoms with Crippen molar-refractivity contribution in [2.24, 2.45) is 0 Å². The number of methoxy groups -OCH3 is 2. The zero-order valence-electron chi connectivity index (χ0n) is 11.7. The highest BCUT2D eigenvalue weighted by atomic mass is 16.5. The van der Waals surface area contributed by atoms with Crippen LogP contribution in [-0.2, 0) is 16.1 Å². The number of rotatable bonds is 7. The summed E-state index contributed by atoms with van der Waals surface area (Å²) in [7, 11) is 6.66. The van der Waals surface area contributed by atoms with Gasteiger partial charge in [-0.15, -0.1) is 0 Å². The van der Waals surface area contributed by atoms with Crippen molar-refractivity contribution >= 4 is 5.91 Å². The fourth-order valence-corrected chi connectivity index (χ4v) is 1.53. The number of hydrogen-bond donors (Lipinski definition) is 1. The Labute approximate surface area is 113 Å². The van der Waals surface area contributed by atoms with E-state index in [9.17, 15) is 4.79 Å². The van der Waals surface area contributed by atoms with Crippen LogP contribution >= 0.6 is 0 Å². The Morgan fingerprint density at radius 3 is 2.58 bits per heavy atom. The van der Waals surface area contributed by atoms with E-state index in [2.05, 4.69) is 5.43 Å². The molecule has 0 atom stereocenters. The molecule has 0 aromatic heterocycles. The van der Waals surface area contributed by atoms with Crippen LogP contribution in [0.25, 0.3) is 0 Å². The van der Waals surface area contributed by atoms with E-state index in [0.29, 0.717) is 5.75 Å². The van der Waals surface area contributed by atoms with Crippen molar-refractivity contribution in [1.82, 2.24) is 10.4 Å². The Hall–Kier alpha value is -1.79. The van der Waals surface area contributed by atoms with Crippen LogP contribution in [0.15, 0.2) is 18.2 Å². The maximum atomic E-state index is 11.4. The van der Waals surface area contributed by atoms with Gasteiger partial charge in [-0.05, 0) is 18.2 Å². The number of benzene rings is 1. The third kappa shape index (κ3) is 5.15. The maximum Gasteiger partial charge on any atom is 0.260 e. The van der Waals surface area contributed by atoms with E-state index in [0.717, 1.165) is 11.3 Å². The summed E-state index contributed by atoms with van der Waals surface area (Å²) in [5.41, 5.74) is 3.43. The molecule has 0 radical (unpaired) electrons. The highest BCUT2D eigenvalue weighted by Crippen LogP contribution is 2.24. The molecule has 19 heavy (non-hydrogen) atoms. The topological polar surface area (TPSA) is 60.0 Å². The van der Waals surface area contributed by atoms with Crippen LogP contribution in [0.4, 0.5) is 0 Å². The molecule has 1 N–H and O–H groups in total. The van der Waals surface area contributed by atoms with Gasteiger partial charge in [-0.3, -0.25) is 10.2 Å². The lowest BCUT2D eigenvalue weighted by Gasteiger charge is -2.13. The third-order valence-corrected chi connectivity index (χ3v) is 2.33. The molecule has 0 aliphatic carbocycles. The van der Waals surface area contributed by atoms with Crippen LogP contribution in [-0.4, -0.2) is 45.8 Å². The van der Waals surface area contributed by atoms with Gasteiger partial charge in [0.1, 0.15) is 18.1 Å². The van der Waals surface area contributed by atoms with Crippen LogP contribution in [0.3, 0.4) is 0 Å². The summed E-state index contributed by atoms with van der Waals surface area (Å²) >= 11 is 0. The number of ether oxygens (including phenoxy) is 3. The normalized spacial score (nSPS) is 10.4. The molecular weight excluding hydrogens is 248 g/mol. The predicted molar refractivity (Wildman–Crippen MR) is 71.0 cm³/mol. The van der Waals surface area contributed by atoms with Gasteiger partial charge in [0, 0.05) is 19.7 Å². The lowest BCUT2D eigenvalue weighted by molar-refractivity contribution is -0.129. The molecule has 0 aliphatic rings. The zero-order chi connectivity index (χ0) is 14.3. The molecule has 0 saturated carbocycles. The van der Waals surface area contributed by atoms with E-state index >= 15 is 0 Å². The Bertz CT molecular complexity index is 421. The van der Waals surface area contributed by atoms with Crippen LogP contribution in [0, 0.1) is 0 Å². The van der Waals surface area contributed by atoms with Gasteiger partial charge in [0.05, 0.1) is 20.8 Å². The molecule has 6 nitrogen and oxygen atoms in total. The summed E-state index contributed by atoms with van der Waals surface area (Å²) in [5, 5.41) is 1.57. The first kappa shape index (κ1) is 15.3. The van der Waals surface area contributed by atoms with Crippen molar-refractivity contribution in [2.45, 2.75) is 6.61 Å². The molecule has 0 aliphatic heterocycles. The average molecular weight is 268 g/mol. The fourth-order valence-electron chi connectivity index (χ4n) is 1.53. The van der Waals surface area contributed by atoms with Crippen LogP contribution in [0.1, 0.15) is 5.56 Å². The molecule has 0 saturated heterocycles. The first-order chi connectivity index (χ1) is 9.06. The SMILES string of the molecule is COc1ccc(OC)c(COCC(=O)NN(C)C)c1. The molecule has 0 unspecified atom stereocenters. The highest BCUT2D eigenvalue weighted by Gasteiger charge is 2.07. The van der Waals surface area contributed by atoms with E-state index in [4.69, 9.17) is 14.2 Å². The molecule has 1 aromatic rings. The summed E-state index contributed by atoms with van der Waals surface area (Å²) in [6.45, 7) is 0.264. The number of carbonyl (C=O) groups excluding carboxylic acids is 1. The summed E-state index contributed by atoms with van der Waals surface area (Å²) in [5.74, 6) is 1.22. The van der Waals surface area contributed by atoms with Gasteiger partial charge < -0.3 is 14.2 Å². The van der Waals surface area contributed by atoms with Crippen LogP contribution in [0.2, 0.25) is 0 Å². The van der Waals surface area contributed by atoms with Crippen LogP contribution in [0.5, 0.6) is 11.5 Å². The van der Waals surface area contributed by atoms with Crippen molar-refractivity contribution in [3.05, 3.63) is 23.8 Å². The third-order valence-electron chi connectivity index (χ3n) is 2.33. The Kier molecular flexibility index (Phi) is 6.11. The summed E-state index contributed by atoms with van der Waals surface area (Å²) < 4.78 is 15.7. The number of carbonyl (C=O) groups is 1. The van der Waals surface area contributed by atoms with E-state index in [1.54, 1.807) is 45.5 Å². The predicted octanol–water partition coefficient (Wildman–Crippen LogP) is 0.813. The minimum absolute atomic E-state index is 0.0153. The first-order valence-corrected chi connectivity index (χ1v) is 5.82. The van der Waals surface area contributed by atoms with Crippen molar-refractivity contribution in [3.63, 3.8) is 0 Å². The quantitative estimate of drug-likeness (QED) is 0.742. The van der Waals surface area contributed by atoms with Crippen LogP contribution < -0.4 is 14.9 Å². The number of hydrazine groups is 1. The molecule has 0 fully saturated rings. The van der Waals surface area contributed by atoms with E-state index in [1.165, 1.54) is 0 Å². The van der Waals surface area contributed by atoms with Crippen molar-refractivity contribution < 1.29 is 19.0 Å². The zero-order valence-corrected chi connectivity index (χ0v) is 11.7. The minimum atomic E-state index is -0.202. The van der Waals surface area contributed by atoms with Crippen molar-refractivity contribution in [2.75, 3.05) is 34.9 Å². The monoisotopic (exact) mass is 268 g/mol. The van der Waals surface area contributed by atoms with Gasteiger partial charge in [-0.25, -0.2) is 5.01 Å². The van der Waals surface area contributed by atoms with Gasteiger partial charge in [0.25, 0.3) is 5.91 Å². The number of nitrogens with zero attached hydrogens (tertiary/aromatic N) is 1. The Morgan fingerprint density at radius 1 is 1.26 bits per heavy atom. The van der Waals surface area contributed by atoms with Gasteiger partial charge in [0.2, 0.25) is 0 Å². The molecule has 1 amide bonds. The molecule has 106 valence electrons. The fraction of sp³-hybridized carbons (Fsp3) is 0.462. The molecule has 0 heterocycles. The molecule has 0 spiro atoms. The van der Waals surface area contributed by atoms with Crippen molar-refractivity contribution in [1.29, 1.82) is 0 Å². The smallest absolute Gasteiger partial charge is 0.260 e. The lowest BCUT2D eigenvalue weighted by Crippen LogP contribution is -2.38. The first-order valence-electron chi connectivity index (χ1n) is 5.82. The number of amides is 1. The molecule has 6 heteroatoms. The van der Waals surface area contributed by atoms with Gasteiger partial charge >= 0.3 is 0 Å². The minimum Gasteiger partial charge on any atom is -0.497 e. The molecular formula is C13H20N2O4. The van der Waals surface area contributed by atoms with Gasteiger partial charge in [-0.2, -0.15) is 0 Å². The number of hydrogen-bond acceptors (Lipinski definition) is 5. The average Bonchev–Trinajstić information content (AvgIpc) is 2.37. The van der Waals surface area contributed by atoms with Crippen molar-refractivity contribution in [3.8, 4) is 11.5 Å². The second kappa shape index (κ2) is 7.60. The van der Waals surface area contributed by atoms with Gasteiger partial charge in [0.15, 0.2) is 0 Å². The number of nitrogens with one attached hydrogen (secondary N) is 1. The Morgan fingerprint density at radius 2 is 2.00 bits per heavy atom. The van der Waals surface area contributed by atoms with E-state index < -0.39 is 0 Å². The maximum absolute atomic E-state index is 11.4. The second-order valence-electron chi connectivity index (χ2n) is 4.10. The Balaban J connectivity index is 2.54.